The molecule has 4 aromatic carbocycles. The number of rotatable bonds is 3. The molecule has 5 rings (SSSR count). The van der Waals surface area contributed by atoms with Crippen LogP contribution in [-0.4, -0.2) is 7.85 Å². The van der Waals surface area contributed by atoms with Crippen LogP contribution in [0.1, 0.15) is 0 Å². The van der Waals surface area contributed by atoms with Crippen LogP contribution >= 0.6 is 0 Å². The van der Waals surface area contributed by atoms with Crippen LogP contribution in [0.5, 0.6) is 0 Å². The van der Waals surface area contributed by atoms with Crippen LogP contribution < -0.4 is 10.4 Å². The van der Waals surface area contributed by atoms with E-state index in [-0.39, 0.29) is 0 Å². The lowest BCUT2D eigenvalue weighted by molar-refractivity contribution is 0.669. The maximum atomic E-state index is 6.11. The Bertz CT molecular complexity index is 1230. The van der Waals surface area contributed by atoms with Gasteiger partial charge in [0.1, 0.15) is 19.0 Å². The summed E-state index contributed by atoms with van der Waals surface area (Å²) in [7, 11) is 2.11. The summed E-state index contributed by atoms with van der Waals surface area (Å²) >= 11 is 0. The van der Waals surface area contributed by atoms with Crippen molar-refractivity contribution < 1.29 is 4.42 Å². The lowest BCUT2D eigenvalue weighted by atomic mass is 9.96. The number of hydrogen-bond donors (Lipinski definition) is 0. The van der Waals surface area contributed by atoms with Gasteiger partial charge in [0.2, 0.25) is 0 Å². The number of anilines is 3. The number of hydrogen-bond acceptors (Lipinski definition) is 2. The van der Waals surface area contributed by atoms with Crippen molar-refractivity contribution in [3.8, 4) is 0 Å². The first-order valence-electron chi connectivity index (χ1n) is 9.13. The van der Waals surface area contributed by atoms with Crippen molar-refractivity contribution in [1.82, 2.24) is 0 Å². The maximum absolute atomic E-state index is 6.11. The van der Waals surface area contributed by atoms with Gasteiger partial charge in [-0.15, -0.1) is 0 Å². The van der Waals surface area contributed by atoms with Gasteiger partial charge in [-0.3, -0.25) is 0 Å². The molecule has 0 aliphatic heterocycles. The number of para-hydroxylation sites is 2. The molecular weight excluding hydrogens is 329 g/mol. The van der Waals surface area contributed by atoms with Crippen LogP contribution in [0.4, 0.5) is 17.1 Å². The minimum Gasteiger partial charge on any atom is -0.456 e. The molecule has 3 heteroatoms. The molecule has 1 heterocycles. The fraction of sp³-hybridized carbons (Fsp3) is 0. The second kappa shape index (κ2) is 6.37. The normalized spacial score (nSPS) is 11.1. The van der Waals surface area contributed by atoms with Crippen molar-refractivity contribution >= 4 is 52.3 Å². The van der Waals surface area contributed by atoms with Crippen molar-refractivity contribution in [1.29, 1.82) is 0 Å². The van der Waals surface area contributed by atoms with Gasteiger partial charge in [-0.2, -0.15) is 0 Å². The zero-order valence-corrected chi connectivity index (χ0v) is 15.1. The van der Waals surface area contributed by atoms with Crippen LogP contribution in [0.15, 0.2) is 101 Å². The van der Waals surface area contributed by atoms with E-state index in [2.05, 4.69) is 85.5 Å². The highest BCUT2D eigenvalue weighted by molar-refractivity contribution is 6.32. The van der Waals surface area contributed by atoms with Crippen LogP contribution in [0.25, 0.3) is 21.9 Å². The third-order valence-corrected chi connectivity index (χ3v) is 4.93. The Hall–Kier alpha value is -3.46. The highest BCUT2D eigenvalue weighted by Crippen LogP contribution is 2.37. The van der Waals surface area contributed by atoms with Crippen molar-refractivity contribution in [2.24, 2.45) is 0 Å². The quantitative estimate of drug-likeness (QED) is 0.411. The molecule has 0 N–H and O–H groups in total. The van der Waals surface area contributed by atoms with E-state index in [4.69, 9.17) is 4.42 Å². The molecule has 0 spiro atoms. The minimum absolute atomic E-state index is 0.904. The van der Waals surface area contributed by atoms with Crippen LogP contribution in [0, 0.1) is 0 Å². The SMILES string of the molecule is Bc1ccc(N(c2ccccc2)c2ccc3c(c2)oc2ccccc23)cc1. The Morgan fingerprint density at radius 1 is 0.556 bits per heavy atom. The fourth-order valence-corrected chi connectivity index (χ4v) is 3.57. The fourth-order valence-electron chi connectivity index (χ4n) is 3.57. The average Bonchev–Trinajstić information content (AvgIpc) is 3.08. The molecule has 128 valence electrons. The van der Waals surface area contributed by atoms with Crippen LogP contribution in [0.3, 0.4) is 0 Å². The molecule has 0 saturated carbocycles. The summed E-state index contributed by atoms with van der Waals surface area (Å²) in [6.07, 6.45) is 0. The van der Waals surface area contributed by atoms with Gasteiger partial charge >= 0.3 is 0 Å². The molecule has 0 saturated heterocycles. The predicted octanol–water partition coefficient (Wildman–Crippen LogP) is 5.31. The molecule has 0 aliphatic rings. The van der Waals surface area contributed by atoms with E-state index < -0.39 is 0 Å². The molecule has 0 bridgehead atoms. The third-order valence-electron chi connectivity index (χ3n) is 4.93. The lowest BCUT2D eigenvalue weighted by Gasteiger charge is -2.25. The Labute approximate surface area is 159 Å². The Morgan fingerprint density at radius 2 is 1.19 bits per heavy atom. The first kappa shape index (κ1) is 15.8. The molecule has 0 unspecified atom stereocenters. The van der Waals surface area contributed by atoms with E-state index in [0.717, 1.165) is 39.0 Å². The number of nitrogens with zero attached hydrogens (tertiary/aromatic N) is 1. The first-order chi connectivity index (χ1) is 13.3. The van der Waals surface area contributed by atoms with Gasteiger partial charge in [0.25, 0.3) is 0 Å². The topological polar surface area (TPSA) is 16.4 Å². The minimum atomic E-state index is 0.904. The second-order valence-corrected chi connectivity index (χ2v) is 6.79. The number of fused-ring (bicyclic) bond motifs is 3. The van der Waals surface area contributed by atoms with Gasteiger partial charge < -0.3 is 9.32 Å². The van der Waals surface area contributed by atoms with Crippen molar-refractivity contribution in [3.63, 3.8) is 0 Å². The zero-order chi connectivity index (χ0) is 18.2. The third kappa shape index (κ3) is 2.78. The maximum Gasteiger partial charge on any atom is 0.139 e. The number of furan rings is 1. The molecular formula is C24H18BNO. The van der Waals surface area contributed by atoms with E-state index in [1.807, 2.05) is 24.3 Å². The van der Waals surface area contributed by atoms with E-state index in [1.54, 1.807) is 0 Å². The average molecular weight is 347 g/mol. The van der Waals surface area contributed by atoms with Crippen LogP contribution in [-0.2, 0) is 0 Å². The van der Waals surface area contributed by atoms with Gasteiger partial charge in [-0.25, -0.2) is 0 Å². The summed E-state index contributed by atoms with van der Waals surface area (Å²) in [5.41, 5.74) is 6.41. The molecule has 1 aromatic heterocycles. The Balaban J connectivity index is 1.71. The zero-order valence-electron chi connectivity index (χ0n) is 15.1. The summed E-state index contributed by atoms with van der Waals surface area (Å²) in [6.45, 7) is 0. The lowest BCUT2D eigenvalue weighted by Crippen LogP contribution is -2.11. The molecule has 0 fully saturated rings. The largest absolute Gasteiger partial charge is 0.456 e. The highest BCUT2D eigenvalue weighted by Gasteiger charge is 2.14. The van der Waals surface area contributed by atoms with Crippen molar-refractivity contribution in [2.75, 3.05) is 4.90 Å². The van der Waals surface area contributed by atoms with Gasteiger partial charge in [0, 0.05) is 33.9 Å². The van der Waals surface area contributed by atoms with Gasteiger partial charge in [0.05, 0.1) is 0 Å². The van der Waals surface area contributed by atoms with Crippen molar-refractivity contribution in [2.45, 2.75) is 0 Å². The summed E-state index contributed by atoms with van der Waals surface area (Å²) in [6, 6.07) is 33.7. The van der Waals surface area contributed by atoms with E-state index >= 15 is 0 Å². The Morgan fingerprint density at radius 3 is 2.00 bits per heavy atom. The highest BCUT2D eigenvalue weighted by atomic mass is 16.3. The van der Waals surface area contributed by atoms with E-state index in [9.17, 15) is 0 Å². The standard InChI is InChI=1S/C24H18BNO/c25-17-10-12-19(13-11-17)26(18-6-2-1-3-7-18)20-14-15-22-21-8-4-5-9-23(21)27-24(22)16-20/h1-16H,25H2. The molecule has 2 nitrogen and oxygen atoms in total. The summed E-state index contributed by atoms with van der Waals surface area (Å²) in [5.74, 6) is 0. The molecule has 0 radical (unpaired) electrons. The van der Waals surface area contributed by atoms with Gasteiger partial charge in [0.15, 0.2) is 0 Å². The van der Waals surface area contributed by atoms with Crippen molar-refractivity contribution in [3.05, 3.63) is 97.1 Å². The van der Waals surface area contributed by atoms with E-state index in [1.165, 1.54) is 5.46 Å². The molecule has 0 amide bonds. The molecule has 5 aromatic rings. The summed E-state index contributed by atoms with van der Waals surface area (Å²) in [5, 5.41) is 2.30. The predicted molar refractivity (Wildman–Crippen MR) is 117 cm³/mol. The monoisotopic (exact) mass is 347 g/mol. The Kier molecular flexibility index (Phi) is 3.72. The molecule has 27 heavy (non-hydrogen) atoms. The first-order valence-corrected chi connectivity index (χ1v) is 9.13. The number of benzene rings is 4. The smallest absolute Gasteiger partial charge is 0.139 e. The molecule has 0 aliphatic carbocycles. The summed E-state index contributed by atoms with van der Waals surface area (Å²) in [4.78, 5) is 2.26. The summed E-state index contributed by atoms with van der Waals surface area (Å²) < 4.78 is 6.11. The van der Waals surface area contributed by atoms with Gasteiger partial charge in [-0.05, 0) is 42.5 Å². The van der Waals surface area contributed by atoms with E-state index in [0.29, 0.717) is 0 Å². The van der Waals surface area contributed by atoms with Crippen LogP contribution in [0.2, 0.25) is 0 Å². The molecule has 0 atom stereocenters. The van der Waals surface area contributed by atoms with Gasteiger partial charge in [-0.1, -0.05) is 54.0 Å². The second-order valence-electron chi connectivity index (χ2n) is 6.79.